The van der Waals surface area contributed by atoms with Gasteiger partial charge in [-0.2, -0.15) is 5.26 Å². The maximum Gasteiger partial charge on any atom is 0.224 e. The second kappa shape index (κ2) is 5.62. The zero-order valence-corrected chi connectivity index (χ0v) is 10.2. The lowest BCUT2D eigenvalue weighted by Crippen LogP contribution is -2.10. The fourth-order valence-electron chi connectivity index (χ4n) is 2.39. The van der Waals surface area contributed by atoms with Crippen molar-refractivity contribution in [3.05, 3.63) is 17.5 Å². The number of hydrogen-bond acceptors (Lipinski definition) is 4. The molecule has 1 saturated carbocycles. The highest BCUT2D eigenvalue weighted by atomic mass is 15.1. The van der Waals surface area contributed by atoms with E-state index in [0.29, 0.717) is 11.6 Å². The summed E-state index contributed by atoms with van der Waals surface area (Å²) in [4.78, 5) is 8.41. The van der Waals surface area contributed by atoms with Crippen molar-refractivity contribution in [1.29, 1.82) is 5.26 Å². The predicted octanol–water partition coefficient (Wildman–Crippen LogP) is 2.65. The average Bonchev–Trinajstić information content (AvgIpc) is 2.81. The molecule has 1 heterocycles. The van der Waals surface area contributed by atoms with Gasteiger partial charge >= 0.3 is 0 Å². The Kier molecular flexibility index (Phi) is 3.92. The van der Waals surface area contributed by atoms with Crippen LogP contribution in [0.2, 0.25) is 0 Å². The van der Waals surface area contributed by atoms with Crippen LogP contribution in [-0.2, 0) is 0 Å². The molecule has 0 atom stereocenters. The molecule has 1 aliphatic carbocycles. The van der Waals surface area contributed by atoms with Crippen molar-refractivity contribution in [1.82, 2.24) is 9.97 Å². The number of aryl methyl sites for hydroxylation is 1. The van der Waals surface area contributed by atoms with Gasteiger partial charge in [-0.3, -0.25) is 0 Å². The van der Waals surface area contributed by atoms with Crippen molar-refractivity contribution in [3.63, 3.8) is 0 Å². The number of nitriles is 1. The Balaban J connectivity index is 1.85. The van der Waals surface area contributed by atoms with E-state index in [0.717, 1.165) is 18.2 Å². The molecule has 1 aromatic heterocycles. The molecule has 2 rings (SSSR count). The molecule has 1 aromatic rings. The largest absolute Gasteiger partial charge is 0.354 e. The summed E-state index contributed by atoms with van der Waals surface area (Å²) in [5, 5.41) is 12.0. The molecule has 0 spiro atoms. The van der Waals surface area contributed by atoms with Crippen LogP contribution in [0.4, 0.5) is 5.95 Å². The smallest absolute Gasteiger partial charge is 0.224 e. The Morgan fingerprint density at radius 1 is 1.41 bits per heavy atom. The van der Waals surface area contributed by atoms with E-state index < -0.39 is 0 Å². The van der Waals surface area contributed by atoms with Gasteiger partial charge in [0.15, 0.2) is 0 Å². The minimum Gasteiger partial charge on any atom is -0.354 e. The Morgan fingerprint density at radius 3 is 2.88 bits per heavy atom. The Labute approximate surface area is 102 Å². The van der Waals surface area contributed by atoms with E-state index in [1.165, 1.54) is 32.1 Å². The molecular weight excluding hydrogens is 212 g/mol. The number of hydrogen-bond donors (Lipinski definition) is 1. The zero-order chi connectivity index (χ0) is 12.1. The standard InChI is InChI=1S/C13H18N4/c1-10-8-12(9-14)17-13(16-10)15-7-6-11-4-2-3-5-11/h8,11H,2-7H2,1H3,(H,15,16,17). The fraction of sp³-hybridized carbons (Fsp3) is 0.615. The van der Waals surface area contributed by atoms with Gasteiger partial charge in [-0.15, -0.1) is 0 Å². The first-order valence-corrected chi connectivity index (χ1v) is 6.27. The molecule has 0 bridgehead atoms. The quantitative estimate of drug-likeness (QED) is 0.863. The normalized spacial score (nSPS) is 15.8. The van der Waals surface area contributed by atoms with Gasteiger partial charge in [0.1, 0.15) is 11.8 Å². The highest BCUT2D eigenvalue weighted by Crippen LogP contribution is 2.27. The minimum absolute atomic E-state index is 0.431. The molecule has 1 fully saturated rings. The van der Waals surface area contributed by atoms with Gasteiger partial charge in [0.2, 0.25) is 5.95 Å². The zero-order valence-electron chi connectivity index (χ0n) is 10.2. The van der Waals surface area contributed by atoms with Crippen molar-refractivity contribution in [2.75, 3.05) is 11.9 Å². The summed E-state index contributed by atoms with van der Waals surface area (Å²) in [7, 11) is 0. The van der Waals surface area contributed by atoms with E-state index >= 15 is 0 Å². The van der Waals surface area contributed by atoms with Crippen LogP contribution < -0.4 is 5.32 Å². The summed E-state index contributed by atoms with van der Waals surface area (Å²) in [6.45, 7) is 2.78. The second-order valence-corrected chi connectivity index (χ2v) is 4.70. The van der Waals surface area contributed by atoms with E-state index in [1.54, 1.807) is 6.07 Å². The van der Waals surface area contributed by atoms with Gasteiger partial charge in [-0.1, -0.05) is 25.7 Å². The van der Waals surface area contributed by atoms with E-state index in [9.17, 15) is 0 Å². The number of aromatic nitrogens is 2. The van der Waals surface area contributed by atoms with Crippen LogP contribution in [0.5, 0.6) is 0 Å². The van der Waals surface area contributed by atoms with E-state index in [4.69, 9.17) is 5.26 Å². The van der Waals surface area contributed by atoms with Crippen LogP contribution in [0, 0.1) is 24.2 Å². The third-order valence-electron chi connectivity index (χ3n) is 3.28. The molecule has 17 heavy (non-hydrogen) atoms. The Morgan fingerprint density at radius 2 is 2.18 bits per heavy atom. The van der Waals surface area contributed by atoms with E-state index in [2.05, 4.69) is 15.3 Å². The second-order valence-electron chi connectivity index (χ2n) is 4.70. The molecule has 0 unspecified atom stereocenters. The minimum atomic E-state index is 0.431. The first-order valence-electron chi connectivity index (χ1n) is 6.27. The van der Waals surface area contributed by atoms with Crippen molar-refractivity contribution < 1.29 is 0 Å². The lowest BCUT2D eigenvalue weighted by Gasteiger charge is -2.10. The number of anilines is 1. The Hall–Kier alpha value is -1.63. The lowest BCUT2D eigenvalue weighted by atomic mass is 10.0. The highest BCUT2D eigenvalue weighted by Gasteiger charge is 2.14. The van der Waals surface area contributed by atoms with Crippen molar-refractivity contribution in [3.8, 4) is 6.07 Å². The molecule has 0 aromatic carbocycles. The lowest BCUT2D eigenvalue weighted by molar-refractivity contribution is 0.518. The molecule has 4 nitrogen and oxygen atoms in total. The predicted molar refractivity (Wildman–Crippen MR) is 66.5 cm³/mol. The van der Waals surface area contributed by atoms with Gasteiger partial charge in [-0.25, -0.2) is 9.97 Å². The number of rotatable bonds is 4. The third-order valence-corrected chi connectivity index (χ3v) is 3.28. The van der Waals surface area contributed by atoms with Gasteiger partial charge in [0, 0.05) is 12.2 Å². The molecular formula is C13H18N4. The third kappa shape index (κ3) is 3.42. The summed E-state index contributed by atoms with van der Waals surface area (Å²) in [6.07, 6.45) is 6.66. The van der Waals surface area contributed by atoms with Gasteiger partial charge in [-0.05, 0) is 25.3 Å². The monoisotopic (exact) mass is 230 g/mol. The topological polar surface area (TPSA) is 61.6 Å². The van der Waals surface area contributed by atoms with Crippen molar-refractivity contribution in [2.24, 2.45) is 5.92 Å². The first kappa shape index (κ1) is 11.8. The van der Waals surface area contributed by atoms with E-state index in [1.807, 2.05) is 13.0 Å². The maximum absolute atomic E-state index is 8.82. The van der Waals surface area contributed by atoms with Crippen LogP contribution in [0.3, 0.4) is 0 Å². The summed E-state index contributed by atoms with van der Waals surface area (Å²) in [6, 6.07) is 3.75. The van der Waals surface area contributed by atoms with Crippen LogP contribution in [0.25, 0.3) is 0 Å². The SMILES string of the molecule is Cc1cc(C#N)nc(NCCC2CCCC2)n1. The van der Waals surface area contributed by atoms with Crippen molar-refractivity contribution in [2.45, 2.75) is 39.0 Å². The van der Waals surface area contributed by atoms with Crippen LogP contribution in [0.15, 0.2) is 6.07 Å². The highest BCUT2D eigenvalue weighted by molar-refractivity contribution is 5.32. The number of nitrogens with zero attached hydrogens (tertiary/aromatic N) is 3. The fourth-order valence-corrected chi connectivity index (χ4v) is 2.39. The number of nitrogens with one attached hydrogen (secondary N) is 1. The molecule has 1 aliphatic rings. The molecule has 4 heteroatoms. The summed E-state index contributed by atoms with van der Waals surface area (Å²) in [5.74, 6) is 1.45. The van der Waals surface area contributed by atoms with Gasteiger partial charge in [0.05, 0.1) is 0 Å². The molecule has 1 N–H and O–H groups in total. The van der Waals surface area contributed by atoms with Crippen LogP contribution in [0.1, 0.15) is 43.5 Å². The van der Waals surface area contributed by atoms with Crippen LogP contribution >= 0.6 is 0 Å². The molecule has 0 aliphatic heterocycles. The molecule has 90 valence electrons. The van der Waals surface area contributed by atoms with Gasteiger partial charge in [0.25, 0.3) is 0 Å². The van der Waals surface area contributed by atoms with Crippen LogP contribution in [-0.4, -0.2) is 16.5 Å². The average molecular weight is 230 g/mol. The van der Waals surface area contributed by atoms with Gasteiger partial charge < -0.3 is 5.32 Å². The Bertz CT molecular complexity index is 416. The first-order chi connectivity index (χ1) is 8.28. The summed E-state index contributed by atoms with van der Waals surface area (Å²) >= 11 is 0. The van der Waals surface area contributed by atoms with E-state index in [-0.39, 0.29) is 0 Å². The van der Waals surface area contributed by atoms with Crippen molar-refractivity contribution >= 4 is 5.95 Å². The molecule has 0 radical (unpaired) electrons. The molecule has 0 saturated heterocycles. The maximum atomic E-state index is 8.82. The molecule has 0 amide bonds. The summed E-state index contributed by atoms with van der Waals surface area (Å²) in [5.41, 5.74) is 1.26. The summed E-state index contributed by atoms with van der Waals surface area (Å²) < 4.78 is 0.